The molecule has 0 radical (unpaired) electrons. The summed E-state index contributed by atoms with van der Waals surface area (Å²) < 4.78 is 6.05. The van der Waals surface area contributed by atoms with Crippen molar-refractivity contribution >= 4 is 28.3 Å². The van der Waals surface area contributed by atoms with Crippen LogP contribution in [0.4, 0.5) is 0 Å². The average molecular weight is 279 g/mol. The molecule has 0 saturated carbocycles. The van der Waals surface area contributed by atoms with Crippen molar-refractivity contribution in [2.24, 2.45) is 7.05 Å². The molecule has 0 aliphatic heterocycles. The lowest BCUT2D eigenvalue weighted by Crippen LogP contribution is -2.24. The monoisotopic (exact) mass is 278 g/mol. The Kier molecular flexibility index (Phi) is 3.66. The Labute approximate surface area is 114 Å². The molecule has 0 unspecified atom stereocenters. The van der Waals surface area contributed by atoms with Crippen molar-refractivity contribution in [3.05, 3.63) is 51.9 Å². The van der Waals surface area contributed by atoms with E-state index in [2.05, 4.69) is 11.7 Å². The molecule has 0 fully saturated rings. The van der Waals surface area contributed by atoms with Crippen LogP contribution in [0.2, 0.25) is 0 Å². The van der Waals surface area contributed by atoms with E-state index in [1.807, 2.05) is 0 Å². The van der Waals surface area contributed by atoms with Gasteiger partial charge in [0.25, 0.3) is 5.56 Å². The van der Waals surface area contributed by atoms with Gasteiger partial charge in [-0.3, -0.25) is 4.79 Å². The number of rotatable bonds is 3. The molecular weight excluding hydrogens is 268 g/mol. The van der Waals surface area contributed by atoms with E-state index in [4.69, 9.17) is 16.3 Å². The van der Waals surface area contributed by atoms with Crippen molar-refractivity contribution in [1.29, 1.82) is 0 Å². The molecule has 0 saturated heterocycles. The molecule has 19 heavy (non-hydrogen) atoms. The third kappa shape index (κ3) is 2.66. The summed E-state index contributed by atoms with van der Waals surface area (Å²) in [4.78, 5) is 23.8. The van der Waals surface area contributed by atoms with Crippen molar-refractivity contribution in [2.45, 2.75) is 0 Å². The SMILES string of the molecule is C=C(Cl)COC(=O)c1nn(C)c(=O)c2ccccc12. The molecule has 5 nitrogen and oxygen atoms in total. The quantitative estimate of drug-likeness (QED) is 0.804. The van der Waals surface area contributed by atoms with Gasteiger partial charge in [0.2, 0.25) is 0 Å². The number of hydrogen-bond acceptors (Lipinski definition) is 4. The molecule has 0 bridgehead atoms. The Hall–Kier alpha value is -2.14. The predicted octanol–water partition coefficient (Wildman–Crippen LogP) is 1.84. The molecule has 2 aromatic rings. The Morgan fingerprint density at radius 1 is 1.42 bits per heavy atom. The second kappa shape index (κ2) is 5.24. The minimum Gasteiger partial charge on any atom is -0.455 e. The first-order valence-corrected chi connectivity index (χ1v) is 5.85. The molecule has 2 rings (SSSR count). The van der Waals surface area contributed by atoms with Crippen molar-refractivity contribution in [1.82, 2.24) is 9.78 Å². The molecule has 1 aromatic heterocycles. The summed E-state index contributed by atoms with van der Waals surface area (Å²) in [7, 11) is 1.48. The van der Waals surface area contributed by atoms with E-state index in [1.165, 1.54) is 7.05 Å². The number of nitrogens with zero attached hydrogens (tertiary/aromatic N) is 2. The van der Waals surface area contributed by atoms with Crippen molar-refractivity contribution in [3.8, 4) is 0 Å². The highest BCUT2D eigenvalue weighted by Crippen LogP contribution is 2.14. The zero-order chi connectivity index (χ0) is 14.0. The molecule has 0 aliphatic carbocycles. The van der Waals surface area contributed by atoms with Crippen molar-refractivity contribution < 1.29 is 9.53 Å². The van der Waals surface area contributed by atoms with Crippen LogP contribution >= 0.6 is 11.6 Å². The molecule has 0 atom stereocenters. The largest absolute Gasteiger partial charge is 0.455 e. The first-order valence-electron chi connectivity index (χ1n) is 5.47. The Bertz CT molecular complexity index is 721. The van der Waals surface area contributed by atoms with Crippen LogP contribution in [0.1, 0.15) is 10.5 Å². The minimum atomic E-state index is -0.645. The van der Waals surface area contributed by atoms with Gasteiger partial charge in [0, 0.05) is 17.5 Å². The molecular formula is C13H11ClN2O3. The van der Waals surface area contributed by atoms with Crippen LogP contribution in [-0.4, -0.2) is 22.4 Å². The smallest absolute Gasteiger partial charge is 0.359 e. The van der Waals surface area contributed by atoms with Crippen molar-refractivity contribution in [2.75, 3.05) is 6.61 Å². The van der Waals surface area contributed by atoms with Gasteiger partial charge in [-0.05, 0) is 6.07 Å². The van der Waals surface area contributed by atoms with E-state index in [9.17, 15) is 9.59 Å². The van der Waals surface area contributed by atoms with E-state index in [0.717, 1.165) is 4.68 Å². The molecule has 1 aromatic carbocycles. The summed E-state index contributed by atoms with van der Waals surface area (Å²) in [6.45, 7) is 3.33. The van der Waals surface area contributed by atoms with Crippen LogP contribution in [0.25, 0.3) is 10.8 Å². The Balaban J connectivity index is 2.54. The molecule has 0 aliphatic rings. The summed E-state index contributed by atoms with van der Waals surface area (Å²) in [5.74, 6) is -0.645. The third-order valence-corrected chi connectivity index (χ3v) is 2.62. The van der Waals surface area contributed by atoms with Crippen LogP contribution in [0.3, 0.4) is 0 Å². The van der Waals surface area contributed by atoms with Gasteiger partial charge >= 0.3 is 5.97 Å². The first kappa shape index (κ1) is 13.3. The summed E-state index contributed by atoms with van der Waals surface area (Å²) in [6.07, 6.45) is 0. The van der Waals surface area contributed by atoms with Crippen LogP contribution in [0, 0.1) is 0 Å². The van der Waals surface area contributed by atoms with Gasteiger partial charge < -0.3 is 4.74 Å². The highest BCUT2D eigenvalue weighted by Gasteiger charge is 2.16. The standard InChI is InChI=1S/C13H11ClN2O3/c1-8(14)7-19-13(18)11-9-5-3-4-6-10(9)12(17)16(2)15-11/h3-6H,1,7H2,2H3. The number of ether oxygens (including phenoxy) is 1. The minimum absolute atomic E-state index is 0.0793. The van der Waals surface area contributed by atoms with E-state index >= 15 is 0 Å². The summed E-state index contributed by atoms with van der Waals surface area (Å²) in [6, 6.07) is 6.73. The topological polar surface area (TPSA) is 61.2 Å². The zero-order valence-corrected chi connectivity index (χ0v) is 11.0. The van der Waals surface area contributed by atoms with Crippen LogP contribution < -0.4 is 5.56 Å². The molecule has 0 N–H and O–H groups in total. The molecule has 0 amide bonds. The fourth-order valence-corrected chi connectivity index (χ4v) is 1.72. The number of esters is 1. The van der Waals surface area contributed by atoms with Gasteiger partial charge in [-0.2, -0.15) is 5.10 Å². The maximum Gasteiger partial charge on any atom is 0.359 e. The maximum atomic E-state index is 11.9. The number of hydrogen-bond donors (Lipinski definition) is 0. The Morgan fingerprint density at radius 3 is 2.68 bits per heavy atom. The lowest BCUT2D eigenvalue weighted by Gasteiger charge is -2.07. The van der Waals surface area contributed by atoms with Gasteiger partial charge in [0.15, 0.2) is 5.69 Å². The van der Waals surface area contributed by atoms with Crippen LogP contribution in [0.15, 0.2) is 40.7 Å². The molecule has 98 valence electrons. The van der Waals surface area contributed by atoms with E-state index in [1.54, 1.807) is 24.3 Å². The lowest BCUT2D eigenvalue weighted by molar-refractivity contribution is 0.0539. The first-order chi connectivity index (χ1) is 9.00. The van der Waals surface area contributed by atoms with Gasteiger partial charge in [-0.25, -0.2) is 9.48 Å². The predicted molar refractivity (Wildman–Crippen MR) is 72.3 cm³/mol. The van der Waals surface area contributed by atoms with Gasteiger partial charge in [-0.15, -0.1) is 0 Å². The van der Waals surface area contributed by atoms with Gasteiger partial charge in [0.1, 0.15) is 6.61 Å². The van der Waals surface area contributed by atoms with E-state index in [-0.39, 0.29) is 22.9 Å². The highest BCUT2D eigenvalue weighted by atomic mass is 35.5. The summed E-state index contributed by atoms with van der Waals surface area (Å²) in [5.41, 5.74) is -0.190. The number of fused-ring (bicyclic) bond motifs is 1. The summed E-state index contributed by atoms with van der Waals surface area (Å²) >= 11 is 5.54. The third-order valence-electron chi connectivity index (χ3n) is 2.51. The average Bonchev–Trinajstić information content (AvgIpc) is 2.40. The summed E-state index contributed by atoms with van der Waals surface area (Å²) in [5, 5.41) is 5.01. The fraction of sp³-hybridized carbons (Fsp3) is 0.154. The number of benzene rings is 1. The van der Waals surface area contributed by atoms with Gasteiger partial charge in [0.05, 0.1) is 5.39 Å². The lowest BCUT2D eigenvalue weighted by atomic mass is 10.1. The van der Waals surface area contributed by atoms with Gasteiger partial charge in [-0.1, -0.05) is 36.4 Å². The van der Waals surface area contributed by atoms with E-state index in [0.29, 0.717) is 10.8 Å². The highest BCUT2D eigenvalue weighted by molar-refractivity contribution is 6.29. The van der Waals surface area contributed by atoms with E-state index < -0.39 is 5.97 Å². The van der Waals surface area contributed by atoms with Crippen LogP contribution in [-0.2, 0) is 11.8 Å². The molecule has 6 heteroatoms. The number of carbonyl (C=O) groups is 1. The zero-order valence-electron chi connectivity index (χ0n) is 10.2. The van der Waals surface area contributed by atoms with Crippen molar-refractivity contribution in [3.63, 3.8) is 0 Å². The number of halogens is 1. The second-order valence-corrected chi connectivity index (χ2v) is 4.45. The second-order valence-electron chi connectivity index (χ2n) is 3.92. The number of carbonyl (C=O) groups excluding carboxylic acids is 1. The molecule has 0 spiro atoms. The Morgan fingerprint density at radius 2 is 2.05 bits per heavy atom. The maximum absolute atomic E-state index is 11.9. The van der Waals surface area contributed by atoms with Crippen LogP contribution in [0.5, 0.6) is 0 Å². The fourth-order valence-electron chi connectivity index (χ4n) is 1.66. The normalized spacial score (nSPS) is 10.4. The number of aromatic nitrogens is 2. The molecule has 1 heterocycles. The number of aryl methyl sites for hydroxylation is 1.